The third kappa shape index (κ3) is 2.75. The van der Waals surface area contributed by atoms with Gasteiger partial charge in [-0.3, -0.25) is 0 Å². The number of hydrogen-bond acceptors (Lipinski definition) is 1. The third-order valence-corrected chi connectivity index (χ3v) is 2.77. The summed E-state index contributed by atoms with van der Waals surface area (Å²) in [5.74, 6) is 0.843. The summed E-state index contributed by atoms with van der Waals surface area (Å²) in [6.07, 6.45) is 0. The Kier molecular flexibility index (Phi) is 3.61. The molecule has 0 spiro atoms. The second-order valence-corrected chi connectivity index (χ2v) is 8.99. The fourth-order valence-corrected chi connectivity index (χ4v) is 1.54. The molecule has 0 saturated carbocycles. The predicted octanol–water partition coefficient (Wildman–Crippen LogP) is 3.99. The zero-order valence-electron chi connectivity index (χ0n) is 6.35. The van der Waals surface area contributed by atoms with Gasteiger partial charge in [0.2, 0.25) is 0 Å². The Hall–Kier alpha value is 0.460. The van der Waals surface area contributed by atoms with Crippen molar-refractivity contribution < 1.29 is 4.74 Å². The summed E-state index contributed by atoms with van der Waals surface area (Å²) in [6.45, 7) is 0. The van der Waals surface area contributed by atoms with Crippen LogP contribution in [-0.2, 0) is 2.14 Å². The molecule has 0 amide bonds. The molecule has 0 aliphatic carbocycles. The quantitative estimate of drug-likeness (QED) is 0.690. The minimum Gasteiger partial charge on any atom is -0.497 e. The van der Waals surface area contributed by atoms with E-state index in [0.29, 0.717) is 0 Å². The second-order valence-electron chi connectivity index (χ2n) is 2.23. The van der Waals surface area contributed by atoms with E-state index in [-0.39, 0.29) is 2.14 Å². The number of benzene rings is 1. The lowest BCUT2D eigenvalue weighted by molar-refractivity contribution is 0.414. The van der Waals surface area contributed by atoms with E-state index in [1.807, 2.05) is 24.3 Å². The summed E-state index contributed by atoms with van der Waals surface area (Å²) in [6, 6.07) is 7.77. The van der Waals surface area contributed by atoms with Crippen LogP contribution < -0.4 is 4.74 Å². The number of hydrogen-bond donors (Lipinski definition) is 0. The van der Waals surface area contributed by atoms with E-state index in [1.165, 1.54) is 0 Å². The van der Waals surface area contributed by atoms with Crippen molar-refractivity contribution >= 4 is 47.8 Å². The van der Waals surface area contributed by atoms with E-state index >= 15 is 0 Å². The number of rotatable bonds is 1. The van der Waals surface area contributed by atoms with E-state index in [4.69, 9.17) is 4.74 Å². The molecule has 0 N–H and O–H groups in total. The maximum Gasteiger partial charge on any atom is 0.160 e. The van der Waals surface area contributed by atoms with Gasteiger partial charge in [-0.25, -0.2) is 0 Å². The molecule has 0 fully saturated rings. The Morgan fingerprint density at radius 3 is 2.42 bits per heavy atom. The van der Waals surface area contributed by atoms with Crippen LogP contribution in [0.5, 0.6) is 5.75 Å². The van der Waals surface area contributed by atoms with Crippen molar-refractivity contribution in [3.63, 3.8) is 0 Å². The summed E-state index contributed by atoms with van der Waals surface area (Å²) in [5, 5.41) is 0. The highest BCUT2D eigenvalue weighted by Crippen LogP contribution is 2.44. The van der Waals surface area contributed by atoms with Gasteiger partial charge in [0.15, 0.2) is 2.14 Å². The molecule has 1 aromatic rings. The Labute approximate surface area is 96.9 Å². The predicted molar refractivity (Wildman–Crippen MR) is 61.5 cm³/mol. The van der Waals surface area contributed by atoms with Crippen LogP contribution in [0.3, 0.4) is 0 Å². The molecule has 12 heavy (non-hydrogen) atoms. The number of halogens is 3. The summed E-state index contributed by atoms with van der Waals surface area (Å²) in [4.78, 5) is 0. The van der Waals surface area contributed by atoms with Gasteiger partial charge in [-0.05, 0) is 17.7 Å². The lowest BCUT2D eigenvalue weighted by atomic mass is 10.2. The number of alkyl halides is 3. The lowest BCUT2D eigenvalue weighted by Crippen LogP contribution is -1.97. The van der Waals surface area contributed by atoms with Crippen LogP contribution in [-0.4, -0.2) is 7.11 Å². The van der Waals surface area contributed by atoms with Crippen LogP contribution in [0, 0.1) is 0 Å². The summed E-state index contributed by atoms with van der Waals surface area (Å²) in [5.41, 5.74) is 1.06. The van der Waals surface area contributed by atoms with E-state index in [0.717, 1.165) is 11.3 Å². The molecule has 0 radical (unpaired) electrons. The van der Waals surface area contributed by atoms with Gasteiger partial charge < -0.3 is 4.74 Å². The molecule has 0 aliphatic heterocycles. The van der Waals surface area contributed by atoms with Crippen LogP contribution in [0.15, 0.2) is 24.3 Å². The van der Waals surface area contributed by atoms with Gasteiger partial charge in [-0.15, -0.1) is 0 Å². The topological polar surface area (TPSA) is 9.23 Å². The lowest BCUT2D eigenvalue weighted by Gasteiger charge is -2.12. The Morgan fingerprint density at radius 1 is 1.25 bits per heavy atom. The average Bonchev–Trinajstić information content (AvgIpc) is 2.03. The maximum absolute atomic E-state index is 5.09. The molecular formula is C8H7Br3O. The zero-order chi connectivity index (χ0) is 9.19. The highest BCUT2D eigenvalue weighted by molar-refractivity contribution is 9.38. The van der Waals surface area contributed by atoms with E-state index in [1.54, 1.807) is 7.11 Å². The molecule has 4 heteroatoms. The molecule has 0 heterocycles. The van der Waals surface area contributed by atoms with Crippen molar-refractivity contribution in [3.8, 4) is 5.75 Å². The first-order chi connectivity index (χ1) is 5.54. The largest absolute Gasteiger partial charge is 0.497 e. The fourth-order valence-electron chi connectivity index (χ4n) is 0.799. The average molecular weight is 359 g/mol. The Morgan fingerprint density at radius 2 is 1.92 bits per heavy atom. The van der Waals surface area contributed by atoms with Crippen LogP contribution in [0.25, 0.3) is 0 Å². The Balaban J connectivity index is 3.02. The molecule has 1 aromatic carbocycles. The minimum atomic E-state index is -0.360. The highest BCUT2D eigenvalue weighted by atomic mass is 80.0. The van der Waals surface area contributed by atoms with Gasteiger partial charge in [0.1, 0.15) is 5.75 Å². The van der Waals surface area contributed by atoms with E-state index in [9.17, 15) is 0 Å². The van der Waals surface area contributed by atoms with Gasteiger partial charge in [0, 0.05) is 0 Å². The van der Waals surface area contributed by atoms with Crippen molar-refractivity contribution in [1.82, 2.24) is 0 Å². The normalized spacial score (nSPS) is 11.3. The molecule has 1 rings (SSSR count). The van der Waals surface area contributed by atoms with E-state index < -0.39 is 0 Å². The fraction of sp³-hybridized carbons (Fsp3) is 0.250. The maximum atomic E-state index is 5.09. The first-order valence-electron chi connectivity index (χ1n) is 3.25. The van der Waals surface area contributed by atoms with Crippen LogP contribution in [0.1, 0.15) is 5.56 Å². The van der Waals surface area contributed by atoms with E-state index in [2.05, 4.69) is 47.8 Å². The third-order valence-electron chi connectivity index (χ3n) is 1.40. The minimum absolute atomic E-state index is 0.360. The van der Waals surface area contributed by atoms with Crippen molar-refractivity contribution in [3.05, 3.63) is 29.8 Å². The molecule has 0 saturated heterocycles. The Bertz CT molecular complexity index is 267. The standard InChI is InChI=1S/C8H7Br3O/c1-12-7-4-2-3-6(5-7)8(9,10)11/h2-5H,1H3. The molecule has 0 bridgehead atoms. The summed E-state index contributed by atoms with van der Waals surface area (Å²) < 4.78 is 4.73. The molecule has 0 atom stereocenters. The highest BCUT2D eigenvalue weighted by Gasteiger charge is 2.20. The van der Waals surface area contributed by atoms with Crippen molar-refractivity contribution in [2.24, 2.45) is 0 Å². The number of methoxy groups -OCH3 is 1. The summed E-state index contributed by atoms with van der Waals surface area (Å²) in [7, 11) is 1.65. The van der Waals surface area contributed by atoms with Gasteiger partial charge in [0.25, 0.3) is 0 Å². The van der Waals surface area contributed by atoms with Gasteiger partial charge in [-0.1, -0.05) is 59.9 Å². The first-order valence-corrected chi connectivity index (χ1v) is 5.63. The van der Waals surface area contributed by atoms with Gasteiger partial charge in [-0.2, -0.15) is 0 Å². The molecule has 0 aliphatic rings. The van der Waals surface area contributed by atoms with Crippen LogP contribution in [0.4, 0.5) is 0 Å². The molecule has 1 nitrogen and oxygen atoms in total. The smallest absolute Gasteiger partial charge is 0.160 e. The number of ether oxygens (including phenoxy) is 1. The van der Waals surface area contributed by atoms with Crippen molar-refractivity contribution in [2.45, 2.75) is 2.14 Å². The van der Waals surface area contributed by atoms with Crippen molar-refractivity contribution in [2.75, 3.05) is 7.11 Å². The van der Waals surface area contributed by atoms with Gasteiger partial charge in [0.05, 0.1) is 7.11 Å². The molecule has 0 aromatic heterocycles. The van der Waals surface area contributed by atoms with Crippen LogP contribution >= 0.6 is 47.8 Å². The van der Waals surface area contributed by atoms with Crippen molar-refractivity contribution in [1.29, 1.82) is 0 Å². The monoisotopic (exact) mass is 356 g/mol. The second kappa shape index (κ2) is 4.11. The molecular weight excluding hydrogens is 352 g/mol. The summed E-state index contributed by atoms with van der Waals surface area (Å²) >= 11 is 10.3. The SMILES string of the molecule is COc1cccc(C(Br)(Br)Br)c1. The van der Waals surface area contributed by atoms with Gasteiger partial charge >= 0.3 is 0 Å². The molecule has 66 valence electrons. The first kappa shape index (κ1) is 10.5. The zero-order valence-corrected chi connectivity index (χ0v) is 11.1. The van der Waals surface area contributed by atoms with Crippen LogP contribution in [0.2, 0.25) is 0 Å². The molecule has 0 unspecified atom stereocenters.